The number of hydrogen-bond acceptors (Lipinski definition) is 6. The number of nitrogens with two attached hydrogens (primary N) is 1. The van der Waals surface area contributed by atoms with E-state index in [4.69, 9.17) is 10.5 Å². The van der Waals surface area contributed by atoms with Crippen molar-refractivity contribution in [1.82, 2.24) is 20.2 Å². The minimum atomic E-state index is 0.224. The quantitative estimate of drug-likeness (QED) is 0.530. The minimum absolute atomic E-state index is 0.224. The third-order valence-electron chi connectivity index (χ3n) is 3.88. The number of nitrogens with one attached hydrogen (secondary N) is 2. The molecule has 124 valence electrons. The van der Waals surface area contributed by atoms with Crippen LogP contribution in [0.15, 0.2) is 54.9 Å². The van der Waals surface area contributed by atoms with Gasteiger partial charge in [0, 0.05) is 22.8 Å². The third-order valence-corrected chi connectivity index (χ3v) is 3.88. The smallest absolute Gasteiger partial charge is 0.221 e. The van der Waals surface area contributed by atoms with E-state index in [1.165, 1.54) is 0 Å². The highest BCUT2D eigenvalue weighted by molar-refractivity contribution is 5.97. The molecule has 4 rings (SSSR count). The predicted octanol–water partition coefficient (Wildman–Crippen LogP) is 3.35. The van der Waals surface area contributed by atoms with E-state index in [1.807, 2.05) is 36.4 Å². The lowest BCUT2D eigenvalue weighted by molar-refractivity contribution is 0.415. The first-order chi connectivity index (χ1) is 12.2. The van der Waals surface area contributed by atoms with Crippen LogP contribution in [0.3, 0.4) is 0 Å². The van der Waals surface area contributed by atoms with Crippen LogP contribution in [0.5, 0.6) is 5.75 Å². The summed E-state index contributed by atoms with van der Waals surface area (Å²) in [5, 5.41) is 11.5. The van der Waals surface area contributed by atoms with Gasteiger partial charge in [-0.2, -0.15) is 10.1 Å². The number of H-pyrrole nitrogens is 1. The molecule has 7 heteroatoms. The van der Waals surface area contributed by atoms with Gasteiger partial charge in [0.2, 0.25) is 5.95 Å². The van der Waals surface area contributed by atoms with Crippen LogP contribution in [0.2, 0.25) is 0 Å². The second-order valence-electron chi connectivity index (χ2n) is 5.52. The van der Waals surface area contributed by atoms with Crippen LogP contribution in [0.25, 0.3) is 22.0 Å². The second-order valence-corrected chi connectivity index (χ2v) is 5.52. The molecule has 0 aliphatic rings. The number of nitrogen functional groups attached to an aromatic ring is 1. The van der Waals surface area contributed by atoms with E-state index in [1.54, 1.807) is 25.6 Å². The van der Waals surface area contributed by atoms with Gasteiger partial charge in [-0.05, 0) is 35.9 Å². The van der Waals surface area contributed by atoms with E-state index in [2.05, 4.69) is 25.5 Å². The molecule has 0 radical (unpaired) electrons. The monoisotopic (exact) mass is 332 g/mol. The Morgan fingerprint density at radius 3 is 2.92 bits per heavy atom. The minimum Gasteiger partial charge on any atom is -0.497 e. The lowest BCUT2D eigenvalue weighted by Crippen LogP contribution is -1.99. The van der Waals surface area contributed by atoms with Gasteiger partial charge in [0.15, 0.2) is 0 Å². The first-order valence-electron chi connectivity index (χ1n) is 7.70. The fourth-order valence-corrected chi connectivity index (χ4v) is 2.74. The van der Waals surface area contributed by atoms with Crippen LogP contribution in [0.4, 0.5) is 17.5 Å². The lowest BCUT2D eigenvalue weighted by atomic mass is 10.0. The van der Waals surface area contributed by atoms with Gasteiger partial charge in [0.05, 0.1) is 18.8 Å². The number of anilines is 3. The van der Waals surface area contributed by atoms with Crippen molar-refractivity contribution in [3.05, 3.63) is 54.9 Å². The molecule has 7 nitrogen and oxygen atoms in total. The Morgan fingerprint density at radius 2 is 2.08 bits per heavy atom. The normalized spacial score (nSPS) is 10.8. The Hall–Kier alpha value is -3.61. The number of aromatic nitrogens is 4. The summed E-state index contributed by atoms with van der Waals surface area (Å²) in [5.41, 5.74) is 9.53. The molecule has 2 aromatic carbocycles. The maximum Gasteiger partial charge on any atom is 0.221 e. The van der Waals surface area contributed by atoms with Gasteiger partial charge in [-0.3, -0.25) is 5.10 Å². The Morgan fingerprint density at radius 1 is 1.16 bits per heavy atom. The fourth-order valence-electron chi connectivity index (χ4n) is 2.74. The zero-order chi connectivity index (χ0) is 17.2. The maximum atomic E-state index is 5.65. The summed E-state index contributed by atoms with van der Waals surface area (Å²) in [6.45, 7) is 0. The van der Waals surface area contributed by atoms with E-state index in [0.29, 0.717) is 5.82 Å². The summed E-state index contributed by atoms with van der Waals surface area (Å²) in [5.74, 6) is 1.65. The molecule has 0 bridgehead atoms. The third kappa shape index (κ3) is 2.94. The second kappa shape index (κ2) is 6.12. The molecule has 4 aromatic rings. The largest absolute Gasteiger partial charge is 0.497 e. The van der Waals surface area contributed by atoms with Crippen molar-refractivity contribution in [3.8, 4) is 16.9 Å². The van der Waals surface area contributed by atoms with E-state index in [9.17, 15) is 0 Å². The molecule has 0 unspecified atom stereocenters. The molecule has 25 heavy (non-hydrogen) atoms. The van der Waals surface area contributed by atoms with Crippen molar-refractivity contribution in [2.24, 2.45) is 0 Å². The van der Waals surface area contributed by atoms with Gasteiger partial charge in [0.25, 0.3) is 0 Å². The highest BCUT2D eigenvalue weighted by Gasteiger charge is 2.10. The summed E-state index contributed by atoms with van der Waals surface area (Å²) in [4.78, 5) is 8.08. The number of nitrogens with zero attached hydrogens (tertiary/aromatic N) is 3. The molecule has 0 saturated carbocycles. The maximum absolute atomic E-state index is 5.65. The first kappa shape index (κ1) is 14.9. The fraction of sp³-hybridized carbons (Fsp3) is 0.0556. The van der Waals surface area contributed by atoms with Crippen molar-refractivity contribution < 1.29 is 4.74 Å². The molecule has 0 atom stereocenters. The molecule has 0 aliphatic heterocycles. The molecule has 0 saturated heterocycles. The van der Waals surface area contributed by atoms with Gasteiger partial charge in [-0.15, -0.1) is 0 Å². The van der Waals surface area contributed by atoms with E-state index in [0.717, 1.165) is 33.5 Å². The van der Waals surface area contributed by atoms with Crippen molar-refractivity contribution in [2.45, 2.75) is 0 Å². The van der Waals surface area contributed by atoms with Gasteiger partial charge in [0.1, 0.15) is 11.6 Å². The Kier molecular flexibility index (Phi) is 3.66. The van der Waals surface area contributed by atoms with Crippen LogP contribution in [0, 0.1) is 0 Å². The number of benzene rings is 2. The number of rotatable bonds is 4. The molecule has 0 spiro atoms. The molecule has 0 amide bonds. The summed E-state index contributed by atoms with van der Waals surface area (Å²) >= 11 is 0. The Labute approximate surface area is 143 Å². The molecular formula is C18H16N6O. The zero-order valence-electron chi connectivity index (χ0n) is 13.5. The summed E-state index contributed by atoms with van der Waals surface area (Å²) < 4.78 is 5.34. The summed E-state index contributed by atoms with van der Waals surface area (Å²) in [7, 11) is 1.66. The molecule has 4 N–H and O–H groups in total. The summed E-state index contributed by atoms with van der Waals surface area (Å²) in [6, 6.07) is 13.7. The average molecular weight is 332 g/mol. The van der Waals surface area contributed by atoms with E-state index in [-0.39, 0.29) is 5.95 Å². The van der Waals surface area contributed by atoms with Crippen molar-refractivity contribution in [1.29, 1.82) is 0 Å². The topological polar surface area (TPSA) is 102 Å². The van der Waals surface area contributed by atoms with Crippen LogP contribution in [-0.4, -0.2) is 27.3 Å². The molecule has 2 heterocycles. The van der Waals surface area contributed by atoms with Crippen molar-refractivity contribution in [2.75, 3.05) is 18.2 Å². The molecule has 0 aliphatic carbocycles. The van der Waals surface area contributed by atoms with Gasteiger partial charge in [-0.25, -0.2) is 4.98 Å². The molecular weight excluding hydrogens is 316 g/mol. The van der Waals surface area contributed by atoms with Crippen molar-refractivity contribution in [3.63, 3.8) is 0 Å². The summed E-state index contributed by atoms with van der Waals surface area (Å²) in [6.07, 6.45) is 3.41. The average Bonchev–Trinajstić information content (AvgIpc) is 3.09. The van der Waals surface area contributed by atoms with Crippen molar-refractivity contribution >= 4 is 28.4 Å². The predicted molar refractivity (Wildman–Crippen MR) is 97.8 cm³/mol. The van der Waals surface area contributed by atoms with Gasteiger partial charge >= 0.3 is 0 Å². The van der Waals surface area contributed by atoms with Gasteiger partial charge < -0.3 is 15.8 Å². The first-order valence-corrected chi connectivity index (χ1v) is 7.70. The van der Waals surface area contributed by atoms with Crippen LogP contribution in [0.1, 0.15) is 0 Å². The van der Waals surface area contributed by atoms with E-state index >= 15 is 0 Å². The SMILES string of the molecule is COc1cccc(-c2cc(Nc3ccnc(N)n3)cc3cn[nH]c23)c1. The Balaban J connectivity index is 1.82. The standard InChI is InChI=1S/C18H16N6O/c1-25-14-4-2-3-11(8-14)15-9-13(7-12-10-21-24-17(12)15)22-16-5-6-20-18(19)23-16/h2-10H,1H3,(H,21,24)(H3,19,20,22,23). The zero-order valence-corrected chi connectivity index (χ0v) is 13.5. The molecule has 2 aromatic heterocycles. The lowest BCUT2D eigenvalue weighted by Gasteiger charge is -2.11. The Bertz CT molecular complexity index is 1040. The van der Waals surface area contributed by atoms with Crippen LogP contribution < -0.4 is 15.8 Å². The van der Waals surface area contributed by atoms with Crippen LogP contribution in [-0.2, 0) is 0 Å². The number of fused-ring (bicyclic) bond motifs is 1. The number of methoxy groups -OCH3 is 1. The highest BCUT2D eigenvalue weighted by atomic mass is 16.5. The van der Waals surface area contributed by atoms with Crippen LogP contribution >= 0.6 is 0 Å². The highest BCUT2D eigenvalue weighted by Crippen LogP contribution is 2.33. The number of hydrogen-bond donors (Lipinski definition) is 3. The number of aromatic amines is 1. The molecule has 0 fully saturated rings. The van der Waals surface area contributed by atoms with Gasteiger partial charge in [-0.1, -0.05) is 12.1 Å². The number of ether oxygens (including phenoxy) is 1. The van der Waals surface area contributed by atoms with E-state index < -0.39 is 0 Å².